The fraction of sp³-hybridized carbons (Fsp3) is 0.946. The topological polar surface area (TPSA) is 74.6 Å². The predicted molar refractivity (Wildman–Crippen MR) is 177 cm³/mol. The lowest BCUT2D eigenvalue weighted by Crippen LogP contribution is -2.39. The summed E-state index contributed by atoms with van der Waals surface area (Å²) < 4.78 is 0. The smallest absolute Gasteiger partial charge is 0.321 e. The highest BCUT2D eigenvalue weighted by molar-refractivity contribution is 5.98. The molecule has 0 amide bonds. The molecule has 0 aliphatic carbocycles. The molecule has 0 fully saturated rings. The number of hydrogen-bond acceptors (Lipinski definition) is 2. The molecule has 0 aromatic heterocycles. The average Bonchev–Trinajstić information content (AvgIpc) is 2.95. The summed E-state index contributed by atoms with van der Waals surface area (Å²) in [7, 11) is 0. The van der Waals surface area contributed by atoms with Crippen molar-refractivity contribution in [2.24, 2.45) is 5.41 Å². The van der Waals surface area contributed by atoms with Crippen LogP contribution in [0.2, 0.25) is 0 Å². The number of aliphatic carboxylic acids is 2. The quantitative estimate of drug-likeness (QED) is 0.0586. The Kier molecular flexibility index (Phi) is 29.6. The molecule has 244 valence electrons. The molecule has 4 heteroatoms. The lowest BCUT2D eigenvalue weighted by Gasteiger charge is -2.25. The standard InChI is InChI=1S/C37H72O4/c1-3-5-7-9-11-13-15-17-19-21-23-25-27-29-31-33-37(35(38)39,36(40)41)34-32-30-28-26-24-22-20-18-16-14-12-10-8-6-4-2/h3-34H2,1-2H3,(H,38,39)(H,40,41). The normalized spacial score (nSPS) is 11.8. The molecule has 0 aliphatic rings. The van der Waals surface area contributed by atoms with Crippen molar-refractivity contribution in [2.75, 3.05) is 0 Å². The second kappa shape index (κ2) is 30.4. The van der Waals surface area contributed by atoms with E-state index in [2.05, 4.69) is 13.8 Å². The summed E-state index contributed by atoms with van der Waals surface area (Å²) in [4.78, 5) is 24.1. The third kappa shape index (κ3) is 24.1. The third-order valence-electron chi connectivity index (χ3n) is 9.23. The number of carboxylic acids is 2. The van der Waals surface area contributed by atoms with E-state index in [0.717, 1.165) is 25.7 Å². The van der Waals surface area contributed by atoms with Crippen molar-refractivity contribution in [1.82, 2.24) is 0 Å². The lowest BCUT2D eigenvalue weighted by atomic mass is 9.78. The minimum absolute atomic E-state index is 0.272. The van der Waals surface area contributed by atoms with Gasteiger partial charge < -0.3 is 10.2 Å². The molecule has 0 unspecified atom stereocenters. The molecule has 0 bridgehead atoms. The fourth-order valence-corrected chi connectivity index (χ4v) is 6.24. The van der Waals surface area contributed by atoms with Gasteiger partial charge in [0.15, 0.2) is 5.41 Å². The Morgan fingerprint density at radius 2 is 0.512 bits per heavy atom. The minimum atomic E-state index is -1.59. The van der Waals surface area contributed by atoms with Crippen LogP contribution in [0.5, 0.6) is 0 Å². The van der Waals surface area contributed by atoms with Crippen LogP contribution in [-0.4, -0.2) is 22.2 Å². The van der Waals surface area contributed by atoms with Crippen LogP contribution in [0.1, 0.15) is 219 Å². The maximum absolute atomic E-state index is 12.0. The highest BCUT2D eigenvalue weighted by Gasteiger charge is 2.45. The second-order valence-corrected chi connectivity index (χ2v) is 13.1. The van der Waals surface area contributed by atoms with Crippen molar-refractivity contribution in [1.29, 1.82) is 0 Å². The zero-order valence-electron chi connectivity index (χ0n) is 27.8. The first-order valence-electron chi connectivity index (χ1n) is 18.5. The van der Waals surface area contributed by atoms with Crippen molar-refractivity contribution in [3.8, 4) is 0 Å². The number of unbranched alkanes of at least 4 members (excludes halogenated alkanes) is 28. The molecule has 0 atom stereocenters. The van der Waals surface area contributed by atoms with E-state index in [4.69, 9.17) is 0 Å². The molecule has 0 saturated carbocycles. The Morgan fingerprint density at radius 3 is 0.683 bits per heavy atom. The second-order valence-electron chi connectivity index (χ2n) is 13.1. The zero-order chi connectivity index (χ0) is 30.3. The third-order valence-corrected chi connectivity index (χ3v) is 9.23. The van der Waals surface area contributed by atoms with Gasteiger partial charge in [-0.1, -0.05) is 206 Å². The van der Waals surface area contributed by atoms with E-state index < -0.39 is 17.4 Å². The molecular weight excluding hydrogens is 508 g/mol. The van der Waals surface area contributed by atoms with E-state index in [1.165, 1.54) is 154 Å². The highest BCUT2D eigenvalue weighted by Crippen LogP contribution is 2.33. The van der Waals surface area contributed by atoms with Gasteiger partial charge in [-0.15, -0.1) is 0 Å². The number of carboxylic acid groups (broad SMARTS) is 2. The van der Waals surface area contributed by atoms with E-state index in [1.54, 1.807) is 0 Å². The summed E-state index contributed by atoms with van der Waals surface area (Å²) in [6.45, 7) is 4.53. The highest BCUT2D eigenvalue weighted by atomic mass is 16.4. The Balaban J connectivity index is 3.80. The predicted octanol–water partition coefficient (Wildman–Crippen LogP) is 12.7. The van der Waals surface area contributed by atoms with Gasteiger partial charge in [0.05, 0.1) is 0 Å². The summed E-state index contributed by atoms with van der Waals surface area (Å²) in [5, 5.41) is 19.7. The van der Waals surface area contributed by atoms with E-state index >= 15 is 0 Å². The summed E-state index contributed by atoms with van der Waals surface area (Å²) in [5.41, 5.74) is -1.59. The first-order valence-corrected chi connectivity index (χ1v) is 18.5. The first-order chi connectivity index (χ1) is 20.0. The fourth-order valence-electron chi connectivity index (χ4n) is 6.24. The van der Waals surface area contributed by atoms with Crippen LogP contribution in [-0.2, 0) is 9.59 Å². The van der Waals surface area contributed by atoms with Gasteiger partial charge in [0.1, 0.15) is 0 Å². The largest absolute Gasteiger partial charge is 0.480 e. The average molecular weight is 581 g/mol. The van der Waals surface area contributed by atoms with Crippen LogP contribution in [0.3, 0.4) is 0 Å². The van der Waals surface area contributed by atoms with Crippen LogP contribution >= 0.6 is 0 Å². The summed E-state index contributed by atoms with van der Waals surface area (Å²) in [6, 6.07) is 0. The van der Waals surface area contributed by atoms with Crippen LogP contribution in [0.25, 0.3) is 0 Å². The molecular formula is C37H72O4. The summed E-state index contributed by atoms with van der Waals surface area (Å²) in [5.74, 6) is -2.28. The minimum Gasteiger partial charge on any atom is -0.480 e. The molecule has 0 rings (SSSR count). The zero-order valence-corrected chi connectivity index (χ0v) is 27.8. The van der Waals surface area contributed by atoms with Crippen molar-refractivity contribution in [2.45, 2.75) is 219 Å². The van der Waals surface area contributed by atoms with Gasteiger partial charge in [-0.25, -0.2) is 0 Å². The van der Waals surface area contributed by atoms with Crippen molar-refractivity contribution >= 4 is 11.9 Å². The molecule has 0 aromatic rings. The van der Waals surface area contributed by atoms with Gasteiger partial charge >= 0.3 is 11.9 Å². The van der Waals surface area contributed by atoms with Crippen LogP contribution in [0.4, 0.5) is 0 Å². The van der Waals surface area contributed by atoms with Gasteiger partial charge in [0.25, 0.3) is 0 Å². The van der Waals surface area contributed by atoms with Crippen molar-refractivity contribution < 1.29 is 19.8 Å². The summed E-state index contributed by atoms with van der Waals surface area (Å²) in [6.07, 6.45) is 38.2. The van der Waals surface area contributed by atoms with Crippen LogP contribution in [0.15, 0.2) is 0 Å². The van der Waals surface area contributed by atoms with Crippen LogP contribution in [0, 0.1) is 5.41 Å². The first kappa shape index (κ1) is 39.9. The van der Waals surface area contributed by atoms with E-state index in [1.807, 2.05) is 0 Å². The maximum Gasteiger partial charge on any atom is 0.321 e. The van der Waals surface area contributed by atoms with E-state index in [0.29, 0.717) is 12.8 Å². The maximum atomic E-state index is 12.0. The van der Waals surface area contributed by atoms with Gasteiger partial charge in [-0.05, 0) is 12.8 Å². The molecule has 0 spiro atoms. The number of hydrogen-bond donors (Lipinski definition) is 2. The SMILES string of the molecule is CCCCCCCCCCCCCCCCCC(CCCCCCCCCCCCCCCCC)(C(=O)O)C(=O)O. The number of carbonyl (C=O) groups is 2. The molecule has 4 nitrogen and oxygen atoms in total. The molecule has 2 N–H and O–H groups in total. The van der Waals surface area contributed by atoms with Crippen LogP contribution < -0.4 is 0 Å². The van der Waals surface area contributed by atoms with E-state index in [-0.39, 0.29) is 12.8 Å². The van der Waals surface area contributed by atoms with Gasteiger partial charge in [0.2, 0.25) is 0 Å². The van der Waals surface area contributed by atoms with Gasteiger partial charge in [-0.3, -0.25) is 9.59 Å². The van der Waals surface area contributed by atoms with E-state index in [9.17, 15) is 19.8 Å². The molecule has 0 aromatic carbocycles. The molecule has 0 radical (unpaired) electrons. The van der Waals surface area contributed by atoms with Crippen molar-refractivity contribution in [3.05, 3.63) is 0 Å². The molecule has 0 saturated heterocycles. The summed E-state index contributed by atoms with van der Waals surface area (Å²) >= 11 is 0. The Morgan fingerprint density at radius 1 is 0.341 bits per heavy atom. The Bertz CT molecular complexity index is 523. The van der Waals surface area contributed by atoms with Crippen molar-refractivity contribution in [3.63, 3.8) is 0 Å². The monoisotopic (exact) mass is 581 g/mol. The Labute approximate surface area is 256 Å². The Hall–Kier alpha value is -1.06. The molecule has 41 heavy (non-hydrogen) atoms. The molecule has 0 aliphatic heterocycles. The molecule has 0 heterocycles. The lowest BCUT2D eigenvalue weighted by molar-refractivity contribution is -0.166. The number of rotatable bonds is 34. The van der Waals surface area contributed by atoms with Gasteiger partial charge in [-0.2, -0.15) is 0 Å². The van der Waals surface area contributed by atoms with Gasteiger partial charge in [0, 0.05) is 0 Å².